The first-order valence-corrected chi connectivity index (χ1v) is 5.48. The predicted octanol–water partition coefficient (Wildman–Crippen LogP) is 0.930. The fourth-order valence-corrected chi connectivity index (χ4v) is 3.20. The van der Waals surface area contributed by atoms with Gasteiger partial charge in [0.25, 0.3) is 5.24 Å². The highest BCUT2D eigenvalue weighted by atomic mass is 32.2. The number of carbonyl (C=O) groups is 1. The molecular weight excluding hydrogens is 188 g/mol. The molecule has 0 aromatic heterocycles. The summed E-state index contributed by atoms with van der Waals surface area (Å²) in [5.74, 6) is 1.34. The van der Waals surface area contributed by atoms with Gasteiger partial charge in [-0.05, 0) is 6.42 Å². The van der Waals surface area contributed by atoms with Crippen LogP contribution in [0.5, 0.6) is 0 Å². The first kappa shape index (κ1) is 7.67. The Morgan fingerprint density at radius 1 is 1.62 bits per heavy atom. The Balaban J connectivity index is 1.92. The van der Waals surface area contributed by atoms with Crippen molar-refractivity contribution in [2.75, 3.05) is 18.9 Å². The van der Waals surface area contributed by atoms with E-state index in [0.717, 1.165) is 31.0 Å². The lowest BCUT2D eigenvalue weighted by molar-refractivity contribution is 0.149. The zero-order valence-corrected chi connectivity index (χ0v) is 7.92. The normalized spacial score (nSPS) is 36.8. The van der Waals surface area contributed by atoms with Gasteiger partial charge in [-0.1, -0.05) is 16.9 Å². The van der Waals surface area contributed by atoms with E-state index in [9.17, 15) is 4.79 Å². The molecule has 0 saturated carbocycles. The van der Waals surface area contributed by atoms with Crippen molar-refractivity contribution in [3.05, 3.63) is 0 Å². The number of hydrogen-bond donors (Lipinski definition) is 0. The van der Waals surface area contributed by atoms with E-state index in [1.807, 2.05) is 4.90 Å². The molecule has 5 heteroatoms. The van der Waals surface area contributed by atoms with Gasteiger partial charge in [0.05, 0.1) is 11.8 Å². The minimum atomic E-state index is 0.207. The van der Waals surface area contributed by atoms with Crippen LogP contribution in [-0.4, -0.2) is 40.8 Å². The molecule has 0 aromatic rings. The third kappa shape index (κ3) is 0.995. The van der Waals surface area contributed by atoms with Crippen LogP contribution in [0.25, 0.3) is 0 Å². The topological polar surface area (TPSA) is 41.9 Å². The minimum absolute atomic E-state index is 0.207. The average Bonchev–Trinajstić information content (AvgIpc) is 2.70. The molecule has 3 aliphatic heterocycles. The quantitative estimate of drug-likeness (QED) is 0.581. The molecule has 3 heterocycles. The fraction of sp³-hybridized carbons (Fsp3) is 0.750. The van der Waals surface area contributed by atoms with Gasteiger partial charge in [0, 0.05) is 18.2 Å². The first-order valence-electron chi connectivity index (χ1n) is 4.49. The first-order chi connectivity index (χ1) is 6.36. The number of piperidine rings is 1. The molecule has 70 valence electrons. The lowest BCUT2D eigenvalue weighted by Crippen LogP contribution is -2.47. The van der Waals surface area contributed by atoms with Crippen LogP contribution in [0.1, 0.15) is 6.42 Å². The summed E-state index contributed by atoms with van der Waals surface area (Å²) in [6.45, 7) is 1.60. The third-order valence-corrected chi connectivity index (χ3v) is 3.86. The van der Waals surface area contributed by atoms with Gasteiger partial charge in [0.15, 0.2) is 0 Å². The van der Waals surface area contributed by atoms with Gasteiger partial charge in [-0.25, -0.2) is 0 Å². The van der Waals surface area contributed by atoms with Crippen molar-refractivity contribution in [3.63, 3.8) is 0 Å². The lowest BCUT2D eigenvalue weighted by atomic mass is 9.91. The van der Waals surface area contributed by atoms with Gasteiger partial charge in [0.2, 0.25) is 0 Å². The molecule has 0 aliphatic carbocycles. The number of thioether (sulfide) groups is 1. The molecule has 0 radical (unpaired) electrons. The maximum absolute atomic E-state index is 11.4. The summed E-state index contributed by atoms with van der Waals surface area (Å²) in [6.07, 6.45) is 1.02. The Hall–Kier alpha value is -0.710. The molecule has 4 nitrogen and oxygen atoms in total. The highest BCUT2D eigenvalue weighted by Crippen LogP contribution is 2.34. The molecule has 1 amide bonds. The molecule has 0 bridgehead atoms. The number of rotatable bonds is 0. The van der Waals surface area contributed by atoms with Crippen molar-refractivity contribution in [1.82, 2.24) is 4.90 Å². The Morgan fingerprint density at radius 3 is 3.46 bits per heavy atom. The summed E-state index contributed by atoms with van der Waals surface area (Å²) in [6, 6.07) is 0.235. The Morgan fingerprint density at radius 2 is 2.54 bits per heavy atom. The third-order valence-electron chi connectivity index (χ3n) is 2.90. The SMILES string of the molecule is O=C1SC[C@H]2C3=NOC[C@H]3CCN12. The van der Waals surface area contributed by atoms with Crippen LogP contribution in [0.3, 0.4) is 0 Å². The zero-order chi connectivity index (χ0) is 8.84. The molecule has 0 unspecified atom stereocenters. The molecular formula is C8H10N2O2S. The van der Waals surface area contributed by atoms with Crippen molar-refractivity contribution in [2.24, 2.45) is 11.1 Å². The van der Waals surface area contributed by atoms with E-state index in [2.05, 4.69) is 5.16 Å². The van der Waals surface area contributed by atoms with Crippen molar-refractivity contribution in [1.29, 1.82) is 0 Å². The van der Waals surface area contributed by atoms with Crippen LogP contribution in [-0.2, 0) is 4.84 Å². The van der Waals surface area contributed by atoms with E-state index in [1.54, 1.807) is 0 Å². The average molecular weight is 198 g/mol. The van der Waals surface area contributed by atoms with E-state index in [0.29, 0.717) is 5.92 Å². The zero-order valence-electron chi connectivity index (χ0n) is 7.10. The van der Waals surface area contributed by atoms with Crippen LogP contribution in [0.15, 0.2) is 5.16 Å². The molecule has 0 N–H and O–H groups in total. The maximum Gasteiger partial charge on any atom is 0.282 e. The summed E-state index contributed by atoms with van der Waals surface area (Å²) in [5, 5.41) is 4.25. The van der Waals surface area contributed by atoms with Crippen molar-refractivity contribution in [3.8, 4) is 0 Å². The summed E-state index contributed by atoms with van der Waals surface area (Å²) < 4.78 is 0. The Kier molecular flexibility index (Phi) is 1.56. The lowest BCUT2D eigenvalue weighted by Gasteiger charge is -2.31. The largest absolute Gasteiger partial charge is 0.395 e. The summed E-state index contributed by atoms with van der Waals surface area (Å²) in [7, 11) is 0. The summed E-state index contributed by atoms with van der Waals surface area (Å²) >= 11 is 1.40. The van der Waals surface area contributed by atoms with Crippen LogP contribution in [0.2, 0.25) is 0 Å². The van der Waals surface area contributed by atoms with Gasteiger partial charge in [-0.2, -0.15) is 0 Å². The molecule has 2 saturated heterocycles. The monoisotopic (exact) mass is 198 g/mol. The standard InChI is InChI=1S/C8H10N2O2S/c11-8-10-2-1-5-3-12-9-7(5)6(10)4-13-8/h5-6H,1-4H2/t5-,6+/m1/s1. The number of nitrogens with zero attached hydrogens (tertiary/aromatic N) is 2. The predicted molar refractivity (Wildman–Crippen MR) is 49.8 cm³/mol. The fourth-order valence-electron chi connectivity index (χ4n) is 2.16. The van der Waals surface area contributed by atoms with E-state index in [4.69, 9.17) is 4.84 Å². The van der Waals surface area contributed by atoms with Crippen LogP contribution < -0.4 is 0 Å². The highest BCUT2D eigenvalue weighted by Gasteiger charge is 2.44. The maximum atomic E-state index is 11.4. The van der Waals surface area contributed by atoms with Crippen molar-refractivity contribution in [2.45, 2.75) is 12.5 Å². The van der Waals surface area contributed by atoms with E-state index in [1.165, 1.54) is 11.8 Å². The van der Waals surface area contributed by atoms with Crippen LogP contribution >= 0.6 is 11.8 Å². The second-order valence-electron chi connectivity index (χ2n) is 3.58. The van der Waals surface area contributed by atoms with E-state index < -0.39 is 0 Å². The van der Waals surface area contributed by atoms with E-state index in [-0.39, 0.29) is 11.3 Å². The van der Waals surface area contributed by atoms with Crippen LogP contribution in [0.4, 0.5) is 4.79 Å². The molecule has 2 fully saturated rings. The van der Waals surface area contributed by atoms with Gasteiger partial charge in [-0.15, -0.1) is 0 Å². The highest BCUT2D eigenvalue weighted by molar-refractivity contribution is 8.13. The molecule has 0 spiro atoms. The second-order valence-corrected chi connectivity index (χ2v) is 4.55. The second kappa shape index (κ2) is 2.64. The van der Waals surface area contributed by atoms with Crippen molar-refractivity contribution >= 4 is 22.7 Å². The molecule has 2 atom stereocenters. The number of fused-ring (bicyclic) bond motifs is 3. The Labute approximate surface area is 80.3 Å². The number of hydrogen-bond acceptors (Lipinski definition) is 4. The summed E-state index contributed by atoms with van der Waals surface area (Å²) in [5.41, 5.74) is 1.10. The van der Waals surface area contributed by atoms with Crippen molar-refractivity contribution < 1.29 is 9.63 Å². The molecule has 0 aromatic carbocycles. The van der Waals surface area contributed by atoms with Gasteiger partial charge in [0.1, 0.15) is 6.61 Å². The number of carbonyl (C=O) groups excluding carboxylic acids is 1. The Bertz CT molecular complexity index is 292. The van der Waals surface area contributed by atoms with Gasteiger partial charge >= 0.3 is 0 Å². The smallest absolute Gasteiger partial charge is 0.282 e. The molecule has 3 aliphatic rings. The minimum Gasteiger partial charge on any atom is -0.395 e. The van der Waals surface area contributed by atoms with Gasteiger partial charge in [-0.3, -0.25) is 4.79 Å². The molecule has 13 heavy (non-hydrogen) atoms. The molecule has 3 rings (SSSR count). The summed E-state index contributed by atoms with van der Waals surface area (Å²) in [4.78, 5) is 18.4. The number of oxime groups is 1. The van der Waals surface area contributed by atoms with E-state index >= 15 is 0 Å². The van der Waals surface area contributed by atoms with Crippen LogP contribution in [0, 0.1) is 5.92 Å². The number of amides is 1. The van der Waals surface area contributed by atoms with Gasteiger partial charge < -0.3 is 9.74 Å².